The summed E-state index contributed by atoms with van der Waals surface area (Å²) in [5.74, 6) is 0. The molecular weight excluding hydrogens is 939 g/mol. The highest BCUT2D eigenvalue weighted by Crippen LogP contribution is 2.57. The molecular formula is C65H94O6P2. The Kier molecular flexibility index (Phi) is 14.1. The van der Waals surface area contributed by atoms with Gasteiger partial charge in [-0.15, -0.1) is 0 Å². The van der Waals surface area contributed by atoms with Crippen LogP contribution in [-0.2, 0) is 43.3 Å². The molecule has 2 fully saturated rings. The van der Waals surface area contributed by atoms with E-state index in [9.17, 15) is 0 Å². The summed E-state index contributed by atoms with van der Waals surface area (Å²) in [6.07, 6.45) is 5.52. The van der Waals surface area contributed by atoms with E-state index < -0.39 is 16.5 Å². The Labute approximate surface area is 442 Å². The van der Waals surface area contributed by atoms with Crippen molar-refractivity contribution < 1.29 is 25.8 Å². The van der Waals surface area contributed by atoms with Crippen molar-refractivity contribution in [2.45, 2.75) is 260 Å². The predicted molar refractivity (Wildman–Crippen MR) is 313 cm³/mol. The molecule has 8 rings (SSSR count). The van der Waals surface area contributed by atoms with Crippen LogP contribution in [0.5, 0.6) is 0 Å². The van der Waals surface area contributed by atoms with Crippen LogP contribution in [0.1, 0.15) is 249 Å². The fraction of sp³-hybridized carbons (Fsp3) is 0.631. The van der Waals surface area contributed by atoms with E-state index in [0.29, 0.717) is 0 Å². The maximum absolute atomic E-state index is 7.55. The normalized spacial score (nSPS) is 19.9. The quantitative estimate of drug-likeness (QED) is 0.175. The van der Waals surface area contributed by atoms with Gasteiger partial charge in [0.2, 0.25) is 0 Å². The van der Waals surface area contributed by atoms with Gasteiger partial charge in [0.1, 0.15) is 22.3 Å². The standard InChI is InChI=1S/C65H94O6P2/c1-57(2,3)39-31-43-44-32-40(58(4,5)6)36-48(62(16,17)18)54(44)69-72(68-53(43)47(35-39)61(13,14)15)66-51-27-25-29-65(51)30-26-28-52(65)67-73-70-55-45(33-41(59(7,8)9)37-49(55)63(19,20)21)46-34-42(60(10,11)12)38-50(56(46)71-73)64(22,23)24/h31-38,51-52H,25-30H2,1-24H3/t51-,52+,65?. The Balaban J connectivity index is 1.36. The molecule has 4 aromatic carbocycles. The second kappa shape index (κ2) is 18.4. The first-order valence-corrected chi connectivity index (χ1v) is 29.8. The van der Waals surface area contributed by atoms with E-state index in [1.165, 1.54) is 44.5 Å². The smallest absolute Gasteiger partial charge is 0.387 e. The number of hydrogen-bond donors (Lipinski definition) is 0. The Morgan fingerprint density at radius 3 is 0.753 bits per heavy atom. The third-order valence-corrected chi connectivity index (χ3v) is 18.4. The van der Waals surface area contributed by atoms with Crippen molar-refractivity contribution >= 4 is 60.4 Å². The zero-order valence-electron chi connectivity index (χ0n) is 49.9. The SMILES string of the molecule is CC(C)(C)c1cc(C(C)(C)C)c2op(O[C@H]3CCCC34CCC[C@H]4Op3oc4c(C(C)(C)C)cc(C(C)(C)C)cc4c4cc(C(C)(C)C)cc(C(C)(C)C)c4o3)oc3c(C(C)(C)C)cc(C(C)(C)C)cc3c2c1. The molecule has 0 saturated heterocycles. The molecule has 1 unspecified atom stereocenters. The molecule has 73 heavy (non-hydrogen) atoms. The highest BCUT2D eigenvalue weighted by molar-refractivity contribution is 7.32. The van der Waals surface area contributed by atoms with Gasteiger partial charge in [0.15, 0.2) is 0 Å². The molecule has 0 aliphatic heterocycles. The fourth-order valence-electron chi connectivity index (χ4n) is 11.4. The summed E-state index contributed by atoms with van der Waals surface area (Å²) in [5.41, 5.74) is 11.8. The summed E-state index contributed by atoms with van der Waals surface area (Å²) in [6.45, 7) is 55.2. The molecule has 2 aliphatic carbocycles. The average molecular weight is 1030 g/mol. The van der Waals surface area contributed by atoms with Gasteiger partial charge in [0, 0.05) is 49.2 Å². The van der Waals surface area contributed by atoms with E-state index in [1.807, 2.05) is 0 Å². The van der Waals surface area contributed by atoms with Gasteiger partial charge in [-0.2, -0.15) is 0 Å². The zero-order valence-corrected chi connectivity index (χ0v) is 51.6. The fourth-order valence-corrected chi connectivity index (χ4v) is 14.1. The lowest BCUT2D eigenvalue weighted by Crippen LogP contribution is -2.42. The maximum Gasteiger partial charge on any atom is 0.387 e. The molecule has 0 radical (unpaired) electrons. The zero-order chi connectivity index (χ0) is 54.2. The van der Waals surface area contributed by atoms with Gasteiger partial charge < -0.3 is 16.8 Å². The van der Waals surface area contributed by atoms with E-state index in [-0.39, 0.29) is 60.9 Å². The molecule has 0 amide bonds. The van der Waals surface area contributed by atoms with Gasteiger partial charge in [0.05, 0.1) is 12.2 Å². The topological polar surface area (TPSA) is 71.0 Å². The van der Waals surface area contributed by atoms with Crippen molar-refractivity contribution in [3.05, 3.63) is 93.0 Å². The van der Waals surface area contributed by atoms with Gasteiger partial charge in [-0.1, -0.05) is 203 Å². The summed E-state index contributed by atoms with van der Waals surface area (Å²) in [7, 11) is -3.83. The van der Waals surface area contributed by atoms with Crippen LogP contribution in [0.25, 0.3) is 43.9 Å². The Morgan fingerprint density at radius 2 is 0.562 bits per heavy atom. The lowest BCUT2D eigenvalue weighted by Gasteiger charge is -2.35. The van der Waals surface area contributed by atoms with Crippen molar-refractivity contribution in [3.8, 4) is 0 Å². The molecule has 2 aromatic heterocycles. The molecule has 0 N–H and O–H groups in total. The number of benzene rings is 4. The monoisotopic (exact) mass is 1030 g/mol. The number of rotatable bonds is 4. The summed E-state index contributed by atoms with van der Waals surface area (Å²) >= 11 is 0. The second-order valence-corrected chi connectivity index (χ2v) is 32.7. The molecule has 0 bridgehead atoms. The van der Waals surface area contributed by atoms with Gasteiger partial charge in [-0.3, -0.25) is 9.05 Å². The van der Waals surface area contributed by atoms with Gasteiger partial charge in [-0.25, -0.2) is 0 Å². The summed E-state index contributed by atoms with van der Waals surface area (Å²) in [5, 5.41) is 4.33. The molecule has 400 valence electrons. The van der Waals surface area contributed by atoms with Crippen LogP contribution in [0.15, 0.2) is 65.3 Å². The summed E-state index contributed by atoms with van der Waals surface area (Å²) in [6, 6.07) is 19.0. The highest BCUT2D eigenvalue weighted by Gasteiger charge is 2.54. The van der Waals surface area contributed by atoms with Crippen molar-refractivity contribution in [2.24, 2.45) is 5.41 Å². The predicted octanol–water partition coefficient (Wildman–Crippen LogP) is 20.9. The van der Waals surface area contributed by atoms with E-state index in [1.54, 1.807) is 0 Å². The first-order chi connectivity index (χ1) is 33.2. The molecule has 8 heteroatoms. The molecule has 3 atom stereocenters. The van der Waals surface area contributed by atoms with Crippen molar-refractivity contribution in [3.63, 3.8) is 0 Å². The maximum atomic E-state index is 7.55. The van der Waals surface area contributed by atoms with Gasteiger partial charge in [-0.05, 0) is 116 Å². The van der Waals surface area contributed by atoms with Crippen LogP contribution in [0.2, 0.25) is 0 Å². The summed E-state index contributed by atoms with van der Waals surface area (Å²) in [4.78, 5) is 0. The van der Waals surface area contributed by atoms with Crippen LogP contribution in [-0.4, -0.2) is 12.2 Å². The van der Waals surface area contributed by atoms with Crippen LogP contribution in [0.4, 0.5) is 0 Å². The molecule has 2 heterocycles. The first kappa shape index (κ1) is 55.8. The lowest BCUT2D eigenvalue weighted by atomic mass is 9.77. The summed E-state index contributed by atoms with van der Waals surface area (Å²) < 4.78 is 44.7. The lowest BCUT2D eigenvalue weighted by molar-refractivity contribution is 0.0313. The Hall–Kier alpha value is -3.40. The third-order valence-electron chi connectivity index (χ3n) is 16.2. The minimum Gasteiger partial charge on any atom is -0.399 e. The van der Waals surface area contributed by atoms with Crippen molar-refractivity contribution in [2.75, 3.05) is 0 Å². The van der Waals surface area contributed by atoms with Crippen LogP contribution in [0, 0.1) is 5.41 Å². The molecule has 2 saturated carbocycles. The Bertz CT molecular complexity index is 2760. The molecule has 6 nitrogen and oxygen atoms in total. The average Bonchev–Trinajstić information content (AvgIpc) is 3.72. The largest absolute Gasteiger partial charge is 0.399 e. The highest BCUT2D eigenvalue weighted by atomic mass is 31.1. The third kappa shape index (κ3) is 11.0. The molecule has 6 aromatic rings. The van der Waals surface area contributed by atoms with Crippen molar-refractivity contribution in [1.29, 1.82) is 0 Å². The van der Waals surface area contributed by atoms with Crippen LogP contribution >= 0.6 is 16.5 Å². The van der Waals surface area contributed by atoms with Gasteiger partial charge in [0.25, 0.3) is 0 Å². The van der Waals surface area contributed by atoms with Gasteiger partial charge >= 0.3 is 16.5 Å². The first-order valence-electron chi connectivity index (χ1n) is 27.6. The number of hydrogen-bond acceptors (Lipinski definition) is 6. The number of fused-ring (bicyclic) bond motifs is 6. The van der Waals surface area contributed by atoms with E-state index in [4.69, 9.17) is 25.8 Å². The van der Waals surface area contributed by atoms with Crippen molar-refractivity contribution in [1.82, 2.24) is 0 Å². The molecule has 1 spiro atoms. The second-order valence-electron chi connectivity index (χ2n) is 30.6. The minimum absolute atomic E-state index is 0.0877. The molecule has 2 aliphatic rings. The Morgan fingerprint density at radius 1 is 0.342 bits per heavy atom. The minimum atomic E-state index is -1.91. The van der Waals surface area contributed by atoms with E-state index in [0.717, 1.165) is 82.4 Å². The van der Waals surface area contributed by atoms with Crippen LogP contribution in [0.3, 0.4) is 0 Å². The van der Waals surface area contributed by atoms with Crippen LogP contribution < -0.4 is 9.05 Å². The van der Waals surface area contributed by atoms with E-state index >= 15 is 0 Å². The van der Waals surface area contributed by atoms with E-state index in [2.05, 4.69) is 215 Å².